The number of carbonyl (C=O) groups excluding carboxylic acids is 2. The fourth-order valence-electron chi connectivity index (χ4n) is 2.30. The van der Waals surface area contributed by atoms with Gasteiger partial charge in [-0.1, -0.05) is 12.1 Å². The molecule has 2 aromatic carbocycles. The summed E-state index contributed by atoms with van der Waals surface area (Å²) in [7, 11) is 0. The van der Waals surface area contributed by atoms with E-state index in [0.717, 1.165) is 5.69 Å². The van der Waals surface area contributed by atoms with Crippen LogP contribution in [0.15, 0.2) is 59.7 Å². The van der Waals surface area contributed by atoms with Crippen LogP contribution in [0, 0.1) is 17.0 Å². The molecule has 0 radical (unpaired) electrons. The van der Waals surface area contributed by atoms with Gasteiger partial charge < -0.3 is 4.74 Å². The number of ether oxygens (including phenoxy) is 1. The van der Waals surface area contributed by atoms with Crippen molar-refractivity contribution in [3.8, 4) is 5.75 Å². The van der Waals surface area contributed by atoms with Crippen molar-refractivity contribution in [2.24, 2.45) is 5.10 Å². The van der Waals surface area contributed by atoms with Gasteiger partial charge in [-0.25, -0.2) is 10.2 Å². The predicted molar refractivity (Wildman–Crippen MR) is 103 cm³/mol. The van der Waals surface area contributed by atoms with Gasteiger partial charge in [-0.2, -0.15) is 10.2 Å². The van der Waals surface area contributed by atoms with Gasteiger partial charge in [0.2, 0.25) is 0 Å². The lowest BCUT2D eigenvalue weighted by Gasteiger charge is -2.05. The van der Waals surface area contributed by atoms with Crippen LogP contribution >= 0.6 is 0 Å². The molecule has 0 aliphatic heterocycles. The van der Waals surface area contributed by atoms with Crippen LogP contribution in [0.1, 0.15) is 32.1 Å². The minimum absolute atomic E-state index is 0.119. The maximum Gasteiger partial charge on any atom is 0.343 e. The molecule has 146 valence electrons. The quantitative estimate of drug-likeness (QED) is 0.217. The lowest BCUT2D eigenvalue weighted by Crippen LogP contribution is -2.18. The summed E-state index contributed by atoms with van der Waals surface area (Å²) in [5, 5.41) is 21.0. The van der Waals surface area contributed by atoms with Gasteiger partial charge in [0.25, 0.3) is 11.6 Å². The summed E-state index contributed by atoms with van der Waals surface area (Å²) in [5.74, 6) is -0.867. The van der Waals surface area contributed by atoms with Gasteiger partial charge in [-0.05, 0) is 42.8 Å². The largest absolute Gasteiger partial charge is 0.423 e. The van der Waals surface area contributed by atoms with Crippen LogP contribution in [0.3, 0.4) is 0 Å². The van der Waals surface area contributed by atoms with Crippen LogP contribution in [-0.2, 0) is 0 Å². The minimum Gasteiger partial charge on any atom is -0.423 e. The molecule has 1 aromatic heterocycles. The van der Waals surface area contributed by atoms with Crippen LogP contribution in [-0.4, -0.2) is 33.2 Å². The molecule has 3 rings (SSSR count). The number of esters is 1. The molecule has 0 aliphatic carbocycles. The highest BCUT2D eigenvalue weighted by Crippen LogP contribution is 2.16. The molecule has 1 amide bonds. The van der Waals surface area contributed by atoms with E-state index in [2.05, 4.69) is 20.7 Å². The van der Waals surface area contributed by atoms with Crippen molar-refractivity contribution >= 4 is 23.8 Å². The summed E-state index contributed by atoms with van der Waals surface area (Å²) in [6.07, 6.45) is 1.39. The van der Waals surface area contributed by atoms with E-state index < -0.39 is 16.8 Å². The number of carbonyl (C=O) groups is 2. The van der Waals surface area contributed by atoms with E-state index in [9.17, 15) is 19.7 Å². The van der Waals surface area contributed by atoms with Crippen molar-refractivity contribution in [1.29, 1.82) is 0 Å². The Balaban J connectivity index is 1.62. The number of aromatic nitrogens is 2. The van der Waals surface area contributed by atoms with Crippen molar-refractivity contribution in [1.82, 2.24) is 15.6 Å². The summed E-state index contributed by atoms with van der Waals surface area (Å²) >= 11 is 0. The molecule has 1 heterocycles. The Kier molecular flexibility index (Phi) is 5.74. The number of benzene rings is 2. The van der Waals surface area contributed by atoms with E-state index in [4.69, 9.17) is 4.74 Å². The lowest BCUT2D eigenvalue weighted by atomic mass is 10.2. The van der Waals surface area contributed by atoms with E-state index >= 15 is 0 Å². The number of nitro groups is 1. The Morgan fingerprint density at radius 2 is 1.97 bits per heavy atom. The van der Waals surface area contributed by atoms with Crippen molar-refractivity contribution in [2.75, 3.05) is 0 Å². The second-order valence-electron chi connectivity index (χ2n) is 5.90. The predicted octanol–water partition coefficient (Wildman–Crippen LogP) is 2.61. The molecule has 2 N–H and O–H groups in total. The van der Waals surface area contributed by atoms with Gasteiger partial charge in [0.15, 0.2) is 5.69 Å². The first-order chi connectivity index (χ1) is 13.9. The van der Waals surface area contributed by atoms with Gasteiger partial charge in [0, 0.05) is 17.8 Å². The molecular formula is C19H15N5O5. The van der Waals surface area contributed by atoms with Crippen LogP contribution in [0.5, 0.6) is 5.75 Å². The number of hydrogen-bond acceptors (Lipinski definition) is 7. The normalized spacial score (nSPS) is 10.7. The smallest absolute Gasteiger partial charge is 0.343 e. The molecule has 0 bridgehead atoms. The van der Waals surface area contributed by atoms with E-state index in [-0.39, 0.29) is 22.7 Å². The maximum atomic E-state index is 12.2. The number of nitro benzene ring substituents is 1. The highest BCUT2D eigenvalue weighted by molar-refractivity contribution is 5.93. The number of nitrogens with one attached hydrogen (secondary N) is 2. The van der Waals surface area contributed by atoms with E-state index in [1.165, 1.54) is 30.5 Å². The summed E-state index contributed by atoms with van der Waals surface area (Å²) in [6.45, 7) is 1.77. The van der Waals surface area contributed by atoms with Gasteiger partial charge in [-0.15, -0.1) is 0 Å². The molecule has 0 fully saturated rings. The van der Waals surface area contributed by atoms with E-state index in [1.54, 1.807) is 37.3 Å². The number of hydrazone groups is 1. The number of amides is 1. The number of rotatable bonds is 6. The van der Waals surface area contributed by atoms with Crippen LogP contribution < -0.4 is 10.2 Å². The van der Waals surface area contributed by atoms with Gasteiger partial charge >= 0.3 is 5.97 Å². The molecular weight excluding hydrogens is 378 g/mol. The number of non-ortho nitro benzene ring substituents is 1. The first kappa shape index (κ1) is 19.4. The first-order valence-electron chi connectivity index (χ1n) is 8.34. The Morgan fingerprint density at radius 1 is 1.21 bits per heavy atom. The van der Waals surface area contributed by atoms with Crippen LogP contribution in [0.4, 0.5) is 5.69 Å². The van der Waals surface area contributed by atoms with Crippen molar-refractivity contribution in [3.05, 3.63) is 87.2 Å². The van der Waals surface area contributed by atoms with Crippen LogP contribution in [0.25, 0.3) is 0 Å². The zero-order valence-corrected chi connectivity index (χ0v) is 15.2. The Hall–Kier alpha value is -4.34. The van der Waals surface area contributed by atoms with Crippen molar-refractivity contribution in [3.63, 3.8) is 0 Å². The first-order valence-corrected chi connectivity index (χ1v) is 8.34. The molecule has 3 aromatic rings. The van der Waals surface area contributed by atoms with Gasteiger partial charge in [-0.3, -0.25) is 20.0 Å². The monoisotopic (exact) mass is 393 g/mol. The molecule has 0 saturated carbocycles. The second kappa shape index (κ2) is 8.57. The fraction of sp³-hybridized carbons (Fsp3) is 0.0526. The highest BCUT2D eigenvalue weighted by atomic mass is 16.6. The van der Waals surface area contributed by atoms with Crippen molar-refractivity contribution < 1.29 is 19.2 Å². The molecule has 0 spiro atoms. The highest BCUT2D eigenvalue weighted by Gasteiger charge is 2.12. The Labute approximate surface area is 164 Å². The molecule has 0 saturated heterocycles. The summed E-state index contributed by atoms with van der Waals surface area (Å²) in [6, 6.07) is 13.2. The third-order valence-electron chi connectivity index (χ3n) is 3.70. The zero-order valence-electron chi connectivity index (χ0n) is 15.2. The average molecular weight is 393 g/mol. The standard InChI is InChI=1S/C19H15N5O5/c1-12-9-17(22-21-12)18(25)23-20-11-13-3-2-4-16(10-13)29-19(26)14-5-7-15(8-6-14)24(27)28/h2-11H,1H3,(H,21,22)(H,23,25)/b20-11-. The number of nitrogens with zero attached hydrogens (tertiary/aromatic N) is 3. The number of aromatic amines is 1. The molecule has 0 aliphatic rings. The average Bonchev–Trinajstić information content (AvgIpc) is 3.15. The van der Waals surface area contributed by atoms with E-state index in [0.29, 0.717) is 5.56 Å². The summed E-state index contributed by atoms with van der Waals surface area (Å²) in [4.78, 5) is 34.2. The van der Waals surface area contributed by atoms with Gasteiger partial charge in [0.1, 0.15) is 5.75 Å². The van der Waals surface area contributed by atoms with Crippen LogP contribution in [0.2, 0.25) is 0 Å². The third-order valence-corrected chi connectivity index (χ3v) is 3.70. The number of aryl methyl sites for hydroxylation is 1. The fourth-order valence-corrected chi connectivity index (χ4v) is 2.30. The van der Waals surface area contributed by atoms with Gasteiger partial charge in [0.05, 0.1) is 16.7 Å². The Bertz CT molecular complexity index is 1090. The van der Waals surface area contributed by atoms with Crippen molar-refractivity contribution in [2.45, 2.75) is 6.92 Å². The summed E-state index contributed by atoms with van der Waals surface area (Å²) in [5.41, 5.74) is 3.95. The molecule has 0 unspecified atom stereocenters. The molecule has 10 heteroatoms. The Morgan fingerprint density at radius 3 is 2.62 bits per heavy atom. The topological polar surface area (TPSA) is 140 Å². The molecule has 10 nitrogen and oxygen atoms in total. The summed E-state index contributed by atoms with van der Waals surface area (Å²) < 4.78 is 5.27. The maximum absolute atomic E-state index is 12.2. The second-order valence-corrected chi connectivity index (χ2v) is 5.90. The molecule has 29 heavy (non-hydrogen) atoms. The lowest BCUT2D eigenvalue weighted by molar-refractivity contribution is -0.384. The SMILES string of the molecule is Cc1cc(C(=O)N/N=C\c2cccc(OC(=O)c3ccc([N+](=O)[O-])cc3)c2)n[nH]1. The number of H-pyrrole nitrogens is 1. The van der Waals surface area contributed by atoms with E-state index in [1.807, 2.05) is 0 Å². The minimum atomic E-state index is -0.656. The third kappa shape index (κ3) is 5.10. The number of hydrogen-bond donors (Lipinski definition) is 2. The molecule has 0 atom stereocenters. The zero-order chi connectivity index (χ0) is 20.8.